The van der Waals surface area contributed by atoms with Crippen molar-refractivity contribution < 1.29 is 0 Å². The van der Waals surface area contributed by atoms with Gasteiger partial charge < -0.3 is 4.57 Å². The van der Waals surface area contributed by atoms with Gasteiger partial charge in [0, 0.05) is 11.9 Å². The lowest BCUT2D eigenvalue weighted by atomic mass is 10.2. The molecule has 0 aliphatic heterocycles. The standard InChI is InChI=1S/C14H15Cl2NO/c1-2-3-6-9-17-11-8-5-4-7-10(11)12(15)13(16)14(17)18/h4-5,7-8H,2-3,6,9H2,1H3. The van der Waals surface area contributed by atoms with Crippen LogP contribution in [0.4, 0.5) is 0 Å². The number of unbranched alkanes of at least 4 members (excludes halogenated alkanes) is 2. The molecule has 0 amide bonds. The van der Waals surface area contributed by atoms with Crippen LogP contribution < -0.4 is 5.56 Å². The average Bonchev–Trinajstić information content (AvgIpc) is 2.40. The fourth-order valence-electron chi connectivity index (χ4n) is 2.08. The molecule has 1 aromatic carbocycles. The first kappa shape index (κ1) is 13.4. The highest BCUT2D eigenvalue weighted by molar-refractivity contribution is 6.45. The molecule has 0 aliphatic carbocycles. The largest absolute Gasteiger partial charge is 0.307 e. The van der Waals surface area contributed by atoms with Gasteiger partial charge in [-0.05, 0) is 12.5 Å². The van der Waals surface area contributed by atoms with E-state index in [2.05, 4.69) is 6.92 Å². The van der Waals surface area contributed by atoms with E-state index in [4.69, 9.17) is 23.2 Å². The van der Waals surface area contributed by atoms with Crippen LogP contribution in [0.2, 0.25) is 10.0 Å². The molecule has 0 bridgehead atoms. The quantitative estimate of drug-likeness (QED) is 0.758. The molecule has 0 saturated carbocycles. The van der Waals surface area contributed by atoms with Gasteiger partial charge in [0.2, 0.25) is 0 Å². The number of fused-ring (bicyclic) bond motifs is 1. The first-order chi connectivity index (χ1) is 8.66. The number of benzene rings is 1. The van der Waals surface area contributed by atoms with Gasteiger partial charge in [-0.25, -0.2) is 0 Å². The van der Waals surface area contributed by atoms with Crippen molar-refractivity contribution in [3.63, 3.8) is 0 Å². The Bertz CT molecular complexity index is 619. The van der Waals surface area contributed by atoms with Crippen molar-refractivity contribution in [3.8, 4) is 0 Å². The SMILES string of the molecule is CCCCCn1c(=O)c(Cl)c(Cl)c2ccccc21. The van der Waals surface area contributed by atoms with E-state index in [0.29, 0.717) is 11.6 Å². The van der Waals surface area contributed by atoms with E-state index in [9.17, 15) is 4.79 Å². The van der Waals surface area contributed by atoms with Gasteiger partial charge in [0.15, 0.2) is 0 Å². The average molecular weight is 284 g/mol. The van der Waals surface area contributed by atoms with Gasteiger partial charge >= 0.3 is 0 Å². The van der Waals surface area contributed by atoms with E-state index >= 15 is 0 Å². The summed E-state index contributed by atoms with van der Waals surface area (Å²) in [7, 11) is 0. The third kappa shape index (κ3) is 2.40. The van der Waals surface area contributed by atoms with Crippen molar-refractivity contribution in [1.82, 2.24) is 4.57 Å². The molecular weight excluding hydrogens is 269 g/mol. The summed E-state index contributed by atoms with van der Waals surface area (Å²) in [6, 6.07) is 7.60. The highest BCUT2D eigenvalue weighted by Crippen LogP contribution is 2.27. The molecule has 2 rings (SSSR count). The minimum atomic E-state index is -0.198. The molecule has 96 valence electrons. The number of aromatic nitrogens is 1. The molecule has 0 atom stereocenters. The molecular formula is C14H15Cl2NO. The minimum Gasteiger partial charge on any atom is -0.307 e. The van der Waals surface area contributed by atoms with Gasteiger partial charge in [0.1, 0.15) is 5.02 Å². The van der Waals surface area contributed by atoms with Crippen LogP contribution in [0, 0.1) is 0 Å². The van der Waals surface area contributed by atoms with E-state index < -0.39 is 0 Å². The van der Waals surface area contributed by atoms with Crippen molar-refractivity contribution in [3.05, 3.63) is 44.7 Å². The van der Waals surface area contributed by atoms with Crippen molar-refractivity contribution in [1.29, 1.82) is 0 Å². The summed E-state index contributed by atoms with van der Waals surface area (Å²) in [5.74, 6) is 0. The minimum absolute atomic E-state index is 0.117. The summed E-state index contributed by atoms with van der Waals surface area (Å²) in [6.45, 7) is 2.82. The van der Waals surface area contributed by atoms with Gasteiger partial charge in [-0.1, -0.05) is 61.2 Å². The van der Waals surface area contributed by atoms with Crippen molar-refractivity contribution in [2.24, 2.45) is 0 Å². The third-order valence-corrected chi connectivity index (χ3v) is 3.88. The zero-order valence-electron chi connectivity index (χ0n) is 10.2. The summed E-state index contributed by atoms with van der Waals surface area (Å²) in [5, 5.41) is 1.30. The Balaban J connectivity index is 2.60. The molecule has 0 spiro atoms. The normalized spacial score (nSPS) is 11.1. The Morgan fingerprint density at radius 1 is 1.11 bits per heavy atom. The first-order valence-corrected chi connectivity index (χ1v) is 6.89. The highest BCUT2D eigenvalue weighted by atomic mass is 35.5. The fraction of sp³-hybridized carbons (Fsp3) is 0.357. The molecule has 0 fully saturated rings. The molecule has 0 N–H and O–H groups in total. The summed E-state index contributed by atoms with van der Waals surface area (Å²) in [6.07, 6.45) is 3.19. The van der Waals surface area contributed by atoms with E-state index in [0.717, 1.165) is 30.2 Å². The summed E-state index contributed by atoms with van der Waals surface area (Å²) >= 11 is 12.1. The smallest absolute Gasteiger partial charge is 0.271 e. The maximum absolute atomic E-state index is 12.1. The monoisotopic (exact) mass is 283 g/mol. The van der Waals surface area contributed by atoms with Gasteiger partial charge in [-0.3, -0.25) is 4.79 Å². The molecule has 0 saturated heterocycles. The topological polar surface area (TPSA) is 22.0 Å². The van der Waals surface area contributed by atoms with Gasteiger partial charge in [0.05, 0.1) is 10.5 Å². The number of hydrogen-bond acceptors (Lipinski definition) is 1. The molecule has 0 unspecified atom stereocenters. The van der Waals surface area contributed by atoms with Crippen molar-refractivity contribution in [2.75, 3.05) is 0 Å². The van der Waals surface area contributed by atoms with Crippen LogP contribution >= 0.6 is 23.2 Å². The molecule has 1 heterocycles. The number of rotatable bonds is 4. The van der Waals surface area contributed by atoms with Crippen LogP contribution in [0.25, 0.3) is 10.9 Å². The second-order valence-electron chi connectivity index (χ2n) is 4.31. The summed E-state index contributed by atoms with van der Waals surface area (Å²) < 4.78 is 1.72. The van der Waals surface area contributed by atoms with Gasteiger partial charge in [-0.15, -0.1) is 0 Å². The van der Waals surface area contributed by atoms with Gasteiger partial charge in [-0.2, -0.15) is 0 Å². The second-order valence-corrected chi connectivity index (χ2v) is 5.06. The van der Waals surface area contributed by atoms with E-state index in [1.807, 2.05) is 24.3 Å². The zero-order chi connectivity index (χ0) is 13.1. The van der Waals surface area contributed by atoms with Crippen LogP contribution in [-0.4, -0.2) is 4.57 Å². The Morgan fingerprint density at radius 2 is 1.83 bits per heavy atom. The van der Waals surface area contributed by atoms with Crippen molar-refractivity contribution in [2.45, 2.75) is 32.7 Å². The lowest BCUT2D eigenvalue weighted by Crippen LogP contribution is -2.21. The van der Waals surface area contributed by atoms with Crippen LogP contribution in [0.3, 0.4) is 0 Å². The highest BCUT2D eigenvalue weighted by Gasteiger charge is 2.12. The maximum atomic E-state index is 12.1. The van der Waals surface area contributed by atoms with E-state index in [1.54, 1.807) is 4.57 Å². The summed E-state index contributed by atoms with van der Waals surface area (Å²) in [5.41, 5.74) is 0.657. The first-order valence-electron chi connectivity index (χ1n) is 6.13. The summed E-state index contributed by atoms with van der Waals surface area (Å²) in [4.78, 5) is 12.1. The van der Waals surface area contributed by atoms with E-state index in [1.165, 1.54) is 0 Å². The Morgan fingerprint density at radius 3 is 2.56 bits per heavy atom. The zero-order valence-corrected chi connectivity index (χ0v) is 11.8. The number of nitrogens with zero attached hydrogens (tertiary/aromatic N) is 1. The van der Waals surface area contributed by atoms with Gasteiger partial charge in [0.25, 0.3) is 5.56 Å². The lowest BCUT2D eigenvalue weighted by molar-refractivity contribution is 0.602. The molecule has 4 heteroatoms. The maximum Gasteiger partial charge on any atom is 0.271 e. The van der Waals surface area contributed by atoms with Crippen molar-refractivity contribution >= 4 is 34.1 Å². The fourth-order valence-corrected chi connectivity index (χ4v) is 2.52. The molecule has 18 heavy (non-hydrogen) atoms. The van der Waals surface area contributed by atoms with Crippen LogP contribution in [-0.2, 0) is 6.54 Å². The molecule has 0 radical (unpaired) electrons. The van der Waals surface area contributed by atoms with Crippen LogP contribution in [0.15, 0.2) is 29.1 Å². The predicted molar refractivity (Wildman–Crippen MR) is 77.8 cm³/mol. The molecule has 1 aromatic heterocycles. The third-order valence-electron chi connectivity index (χ3n) is 3.04. The Labute approximate surface area is 116 Å². The Kier molecular flexibility index (Phi) is 4.31. The molecule has 0 aliphatic rings. The number of aryl methyl sites for hydroxylation is 1. The second kappa shape index (κ2) is 5.77. The predicted octanol–water partition coefficient (Wildman–Crippen LogP) is 4.50. The number of para-hydroxylation sites is 1. The number of hydrogen-bond donors (Lipinski definition) is 0. The molecule has 2 aromatic rings. The van der Waals surface area contributed by atoms with Crippen LogP contribution in [0.5, 0.6) is 0 Å². The van der Waals surface area contributed by atoms with E-state index in [-0.39, 0.29) is 10.6 Å². The molecule has 2 nitrogen and oxygen atoms in total. The van der Waals surface area contributed by atoms with Crippen LogP contribution in [0.1, 0.15) is 26.2 Å². The Hall–Kier alpha value is -0.990. The number of halogens is 2. The number of pyridine rings is 1. The lowest BCUT2D eigenvalue weighted by Gasteiger charge is -2.12.